The van der Waals surface area contributed by atoms with Crippen LogP contribution in [0.15, 0.2) is 0 Å². The van der Waals surface area contributed by atoms with E-state index in [1.165, 1.54) is 58.3 Å². The molecule has 0 bridgehead atoms. The molecule has 3 fully saturated rings. The van der Waals surface area contributed by atoms with E-state index >= 15 is 0 Å². The third-order valence-corrected chi connectivity index (χ3v) is 3.94. The molecule has 0 amide bonds. The summed E-state index contributed by atoms with van der Waals surface area (Å²) in [6.45, 7) is 5.32. The summed E-state index contributed by atoms with van der Waals surface area (Å²) in [6, 6.07) is 0.989. The number of hydrogen-bond acceptors (Lipinski definition) is 2. The van der Waals surface area contributed by atoms with Crippen molar-refractivity contribution >= 4 is 0 Å². The van der Waals surface area contributed by atoms with Gasteiger partial charge in [-0.05, 0) is 63.6 Å². The number of rotatable bonds is 5. The Labute approximate surface area is 87.0 Å². The molecule has 1 saturated heterocycles. The standard InChI is InChI=1S/C12H22N2/c1-2-10(1)7-13-8-11-5-6-14(9-11)12-3-4-12/h10-13H,1-9H2. The van der Waals surface area contributed by atoms with Crippen LogP contribution >= 0.6 is 0 Å². The highest BCUT2D eigenvalue weighted by Gasteiger charge is 2.34. The predicted molar refractivity (Wildman–Crippen MR) is 58.3 cm³/mol. The van der Waals surface area contributed by atoms with E-state index in [4.69, 9.17) is 0 Å². The van der Waals surface area contributed by atoms with Crippen molar-refractivity contribution in [3.05, 3.63) is 0 Å². The van der Waals surface area contributed by atoms with Crippen molar-refractivity contribution < 1.29 is 0 Å². The van der Waals surface area contributed by atoms with Crippen molar-refractivity contribution in [3.8, 4) is 0 Å². The molecule has 0 aromatic heterocycles. The van der Waals surface area contributed by atoms with E-state index in [2.05, 4.69) is 10.2 Å². The second-order valence-corrected chi connectivity index (χ2v) is 5.48. The van der Waals surface area contributed by atoms with Crippen LogP contribution in [-0.2, 0) is 0 Å². The summed E-state index contributed by atoms with van der Waals surface area (Å²) in [5, 5.41) is 3.64. The molecule has 1 aliphatic heterocycles. The van der Waals surface area contributed by atoms with Crippen LogP contribution in [0.3, 0.4) is 0 Å². The molecule has 80 valence electrons. The molecule has 0 aromatic carbocycles. The average molecular weight is 194 g/mol. The van der Waals surface area contributed by atoms with Gasteiger partial charge in [0.1, 0.15) is 0 Å². The van der Waals surface area contributed by atoms with E-state index in [0.29, 0.717) is 0 Å². The van der Waals surface area contributed by atoms with Crippen molar-refractivity contribution in [1.82, 2.24) is 10.2 Å². The lowest BCUT2D eigenvalue weighted by Crippen LogP contribution is -2.28. The Bertz CT molecular complexity index is 196. The highest BCUT2D eigenvalue weighted by atomic mass is 15.2. The van der Waals surface area contributed by atoms with E-state index in [1.807, 2.05) is 0 Å². The predicted octanol–water partition coefficient (Wildman–Crippen LogP) is 1.47. The van der Waals surface area contributed by atoms with Gasteiger partial charge in [-0.1, -0.05) is 0 Å². The molecule has 1 N–H and O–H groups in total. The van der Waals surface area contributed by atoms with Crippen molar-refractivity contribution in [2.75, 3.05) is 26.2 Å². The third kappa shape index (κ3) is 2.29. The van der Waals surface area contributed by atoms with E-state index in [-0.39, 0.29) is 0 Å². The Morgan fingerprint density at radius 3 is 2.43 bits per heavy atom. The first-order valence-corrected chi connectivity index (χ1v) is 6.36. The summed E-state index contributed by atoms with van der Waals surface area (Å²) in [5.41, 5.74) is 0. The average Bonchev–Trinajstić information content (AvgIpc) is 3.07. The molecule has 0 aromatic rings. The fourth-order valence-corrected chi connectivity index (χ4v) is 2.61. The van der Waals surface area contributed by atoms with Crippen molar-refractivity contribution in [3.63, 3.8) is 0 Å². The van der Waals surface area contributed by atoms with Crippen LogP contribution in [0.1, 0.15) is 32.1 Å². The zero-order chi connectivity index (χ0) is 9.38. The van der Waals surface area contributed by atoms with Crippen LogP contribution in [-0.4, -0.2) is 37.1 Å². The van der Waals surface area contributed by atoms with E-state index in [9.17, 15) is 0 Å². The topological polar surface area (TPSA) is 15.3 Å². The Hall–Kier alpha value is -0.0800. The number of nitrogens with zero attached hydrogens (tertiary/aromatic N) is 1. The molecule has 0 spiro atoms. The summed E-state index contributed by atoms with van der Waals surface area (Å²) in [7, 11) is 0. The largest absolute Gasteiger partial charge is 0.316 e. The summed E-state index contributed by atoms with van der Waals surface area (Å²) in [6.07, 6.45) is 7.34. The summed E-state index contributed by atoms with van der Waals surface area (Å²) in [4.78, 5) is 2.71. The van der Waals surface area contributed by atoms with Crippen molar-refractivity contribution in [2.45, 2.75) is 38.1 Å². The molecule has 2 heteroatoms. The van der Waals surface area contributed by atoms with Crippen LogP contribution < -0.4 is 5.32 Å². The molecular formula is C12H22N2. The fraction of sp³-hybridized carbons (Fsp3) is 1.00. The minimum absolute atomic E-state index is 0.953. The zero-order valence-corrected chi connectivity index (χ0v) is 9.04. The lowest BCUT2D eigenvalue weighted by Gasteiger charge is -2.15. The Morgan fingerprint density at radius 1 is 0.929 bits per heavy atom. The normalized spacial score (nSPS) is 33.9. The summed E-state index contributed by atoms with van der Waals surface area (Å²) < 4.78 is 0. The monoisotopic (exact) mass is 194 g/mol. The van der Waals surface area contributed by atoms with Crippen molar-refractivity contribution in [2.24, 2.45) is 11.8 Å². The quantitative estimate of drug-likeness (QED) is 0.713. The van der Waals surface area contributed by atoms with Gasteiger partial charge in [-0.2, -0.15) is 0 Å². The minimum atomic E-state index is 0.953. The van der Waals surface area contributed by atoms with Gasteiger partial charge in [-0.15, -0.1) is 0 Å². The highest BCUT2D eigenvalue weighted by Crippen LogP contribution is 2.31. The first kappa shape index (κ1) is 9.17. The lowest BCUT2D eigenvalue weighted by molar-refractivity contribution is 0.311. The lowest BCUT2D eigenvalue weighted by atomic mass is 10.1. The van der Waals surface area contributed by atoms with Crippen molar-refractivity contribution in [1.29, 1.82) is 0 Å². The highest BCUT2D eigenvalue weighted by molar-refractivity contribution is 4.90. The minimum Gasteiger partial charge on any atom is -0.316 e. The van der Waals surface area contributed by atoms with Crippen LogP contribution in [0.5, 0.6) is 0 Å². The van der Waals surface area contributed by atoms with Gasteiger partial charge in [0.15, 0.2) is 0 Å². The van der Waals surface area contributed by atoms with E-state index in [1.54, 1.807) is 0 Å². The first-order chi connectivity index (χ1) is 6.92. The molecular weight excluding hydrogens is 172 g/mol. The molecule has 3 rings (SSSR count). The molecule has 1 unspecified atom stereocenters. The molecule has 1 atom stereocenters. The number of nitrogens with one attached hydrogen (secondary N) is 1. The van der Waals surface area contributed by atoms with Gasteiger partial charge in [0, 0.05) is 12.6 Å². The molecule has 3 aliphatic rings. The Morgan fingerprint density at radius 2 is 1.71 bits per heavy atom. The number of likely N-dealkylation sites (tertiary alicyclic amines) is 1. The zero-order valence-electron chi connectivity index (χ0n) is 9.04. The molecule has 2 saturated carbocycles. The van der Waals surface area contributed by atoms with Crippen LogP contribution in [0, 0.1) is 11.8 Å². The third-order valence-electron chi connectivity index (χ3n) is 3.94. The van der Waals surface area contributed by atoms with Gasteiger partial charge in [0.05, 0.1) is 0 Å². The SMILES string of the molecule is C1CC1CNCC1CCN(C2CC2)C1. The molecule has 1 heterocycles. The second kappa shape index (κ2) is 3.82. The van der Waals surface area contributed by atoms with E-state index < -0.39 is 0 Å². The summed E-state index contributed by atoms with van der Waals surface area (Å²) >= 11 is 0. The van der Waals surface area contributed by atoms with Crippen LogP contribution in [0.2, 0.25) is 0 Å². The second-order valence-electron chi connectivity index (χ2n) is 5.48. The van der Waals surface area contributed by atoms with Gasteiger partial charge in [0.2, 0.25) is 0 Å². The van der Waals surface area contributed by atoms with Gasteiger partial charge in [0.25, 0.3) is 0 Å². The molecule has 14 heavy (non-hydrogen) atoms. The Balaban J connectivity index is 1.33. The molecule has 2 nitrogen and oxygen atoms in total. The maximum atomic E-state index is 3.64. The smallest absolute Gasteiger partial charge is 0.00965 e. The maximum absolute atomic E-state index is 3.64. The van der Waals surface area contributed by atoms with Crippen LogP contribution in [0.4, 0.5) is 0 Å². The van der Waals surface area contributed by atoms with E-state index in [0.717, 1.165) is 17.9 Å². The molecule has 2 aliphatic carbocycles. The number of hydrogen-bond donors (Lipinski definition) is 1. The van der Waals surface area contributed by atoms with Gasteiger partial charge >= 0.3 is 0 Å². The molecule has 0 radical (unpaired) electrons. The van der Waals surface area contributed by atoms with Gasteiger partial charge in [-0.3, -0.25) is 0 Å². The Kier molecular flexibility index (Phi) is 2.50. The first-order valence-electron chi connectivity index (χ1n) is 6.36. The fourth-order valence-electron chi connectivity index (χ4n) is 2.61. The van der Waals surface area contributed by atoms with Gasteiger partial charge in [-0.25, -0.2) is 0 Å². The van der Waals surface area contributed by atoms with Gasteiger partial charge < -0.3 is 10.2 Å². The van der Waals surface area contributed by atoms with Crippen LogP contribution in [0.25, 0.3) is 0 Å². The summed E-state index contributed by atoms with van der Waals surface area (Å²) in [5.74, 6) is 1.99. The maximum Gasteiger partial charge on any atom is 0.00965 e.